The fourth-order valence-electron chi connectivity index (χ4n) is 0.980. The number of methoxy groups -OCH3 is 1. The minimum absolute atomic E-state index is 0.317. The molecule has 0 radical (unpaired) electrons. The third-order valence-electron chi connectivity index (χ3n) is 1.72. The van der Waals surface area contributed by atoms with Gasteiger partial charge in [0.15, 0.2) is 0 Å². The van der Waals surface area contributed by atoms with Crippen molar-refractivity contribution in [3.05, 3.63) is 46.5 Å². The van der Waals surface area contributed by atoms with Gasteiger partial charge in [0.05, 0.1) is 7.11 Å². The van der Waals surface area contributed by atoms with E-state index in [0.717, 1.165) is 16.5 Å². The number of ether oxygens (including phenoxy) is 1. The molecule has 0 heterocycles. The van der Waals surface area contributed by atoms with Crippen LogP contribution in [0.4, 0.5) is 0 Å². The molecule has 0 aliphatic carbocycles. The van der Waals surface area contributed by atoms with Gasteiger partial charge in [-0.3, -0.25) is 0 Å². The van der Waals surface area contributed by atoms with Crippen molar-refractivity contribution in [3.63, 3.8) is 0 Å². The highest BCUT2D eigenvalue weighted by Gasteiger charge is 1.92. The molecule has 0 atom stereocenters. The van der Waals surface area contributed by atoms with Gasteiger partial charge in [0, 0.05) is 10.5 Å². The molecule has 0 N–H and O–H groups in total. The number of carbonyl (C=O) groups excluding carboxylic acids is 1. The molecule has 0 amide bonds. The second kappa shape index (κ2) is 5.60. The van der Waals surface area contributed by atoms with E-state index in [1.54, 1.807) is 6.08 Å². The fourth-order valence-corrected chi connectivity index (χ4v) is 1.24. The van der Waals surface area contributed by atoms with Crippen molar-refractivity contribution in [2.24, 2.45) is 0 Å². The second-order valence-electron chi connectivity index (χ2n) is 2.76. The Kier molecular flexibility index (Phi) is 4.40. The lowest BCUT2D eigenvalue weighted by Crippen LogP contribution is -1.93. The summed E-state index contributed by atoms with van der Waals surface area (Å²) >= 11 is 3.36. The molecule has 1 aromatic rings. The number of esters is 1. The van der Waals surface area contributed by atoms with E-state index < -0.39 is 0 Å². The summed E-state index contributed by atoms with van der Waals surface area (Å²) in [5.74, 6) is -0.317. The summed E-state index contributed by atoms with van der Waals surface area (Å²) in [5.41, 5.74) is 1.16. The Morgan fingerprint density at radius 1 is 1.43 bits per heavy atom. The van der Waals surface area contributed by atoms with E-state index in [0.29, 0.717) is 0 Å². The largest absolute Gasteiger partial charge is 0.466 e. The van der Waals surface area contributed by atoms with E-state index in [1.807, 2.05) is 24.3 Å². The van der Waals surface area contributed by atoms with Crippen molar-refractivity contribution >= 4 is 21.9 Å². The van der Waals surface area contributed by atoms with Gasteiger partial charge in [0.2, 0.25) is 0 Å². The van der Waals surface area contributed by atoms with Crippen LogP contribution in [0.25, 0.3) is 0 Å². The lowest BCUT2D eigenvalue weighted by molar-refractivity contribution is -0.134. The Balaban J connectivity index is 2.49. The van der Waals surface area contributed by atoms with E-state index in [-0.39, 0.29) is 5.97 Å². The highest BCUT2D eigenvalue weighted by Crippen LogP contribution is 2.10. The molecule has 3 heteroatoms. The molecule has 0 spiro atoms. The summed E-state index contributed by atoms with van der Waals surface area (Å²) in [5, 5.41) is 0. The predicted octanol–water partition coefficient (Wildman–Crippen LogP) is 2.72. The van der Waals surface area contributed by atoms with Gasteiger partial charge in [-0.15, -0.1) is 0 Å². The highest BCUT2D eigenvalue weighted by atomic mass is 79.9. The molecule has 0 aliphatic rings. The normalized spacial score (nSPS) is 10.4. The van der Waals surface area contributed by atoms with Crippen molar-refractivity contribution in [1.29, 1.82) is 0 Å². The molecule has 0 aliphatic heterocycles. The Morgan fingerprint density at radius 2 is 2.07 bits per heavy atom. The molecule has 14 heavy (non-hydrogen) atoms. The van der Waals surface area contributed by atoms with Crippen LogP contribution in [0.1, 0.15) is 5.56 Å². The molecular weight excluding hydrogens is 244 g/mol. The van der Waals surface area contributed by atoms with Gasteiger partial charge in [-0.25, -0.2) is 4.79 Å². The summed E-state index contributed by atoms with van der Waals surface area (Å²) in [6.07, 6.45) is 3.96. The van der Waals surface area contributed by atoms with Crippen LogP contribution in [0.2, 0.25) is 0 Å². The third-order valence-corrected chi connectivity index (χ3v) is 2.25. The first kappa shape index (κ1) is 11.0. The van der Waals surface area contributed by atoms with Gasteiger partial charge in [0.1, 0.15) is 0 Å². The van der Waals surface area contributed by atoms with Crippen molar-refractivity contribution in [2.45, 2.75) is 6.42 Å². The van der Waals surface area contributed by atoms with Crippen molar-refractivity contribution in [1.82, 2.24) is 0 Å². The molecule has 0 saturated heterocycles. The maximum Gasteiger partial charge on any atom is 0.330 e. The van der Waals surface area contributed by atoms with Gasteiger partial charge < -0.3 is 4.74 Å². The first-order chi connectivity index (χ1) is 6.72. The first-order valence-corrected chi connectivity index (χ1v) is 5.00. The number of rotatable bonds is 3. The molecular formula is C11H11BrO2. The Labute approximate surface area is 91.7 Å². The van der Waals surface area contributed by atoms with E-state index >= 15 is 0 Å². The van der Waals surface area contributed by atoms with Gasteiger partial charge in [-0.05, 0) is 24.1 Å². The van der Waals surface area contributed by atoms with Gasteiger partial charge in [-0.2, -0.15) is 0 Å². The monoisotopic (exact) mass is 254 g/mol. The van der Waals surface area contributed by atoms with E-state index in [1.165, 1.54) is 13.2 Å². The van der Waals surface area contributed by atoms with Crippen LogP contribution in [-0.4, -0.2) is 13.1 Å². The van der Waals surface area contributed by atoms with Crippen molar-refractivity contribution in [2.75, 3.05) is 7.11 Å². The number of benzene rings is 1. The molecule has 0 aromatic heterocycles. The number of hydrogen-bond donors (Lipinski definition) is 0. The van der Waals surface area contributed by atoms with E-state index in [2.05, 4.69) is 20.7 Å². The number of carbonyl (C=O) groups is 1. The first-order valence-electron chi connectivity index (χ1n) is 4.21. The lowest BCUT2D eigenvalue weighted by Gasteiger charge is -1.96. The molecule has 0 saturated carbocycles. The summed E-state index contributed by atoms with van der Waals surface area (Å²) in [7, 11) is 1.37. The predicted molar refractivity (Wildman–Crippen MR) is 59.0 cm³/mol. The Bertz CT molecular complexity index is 328. The zero-order valence-electron chi connectivity index (χ0n) is 7.87. The standard InChI is InChI=1S/C11H11BrO2/c1-14-11(13)4-2-3-9-5-7-10(12)8-6-9/h2,4-8H,3H2,1H3/b4-2+. The smallest absolute Gasteiger partial charge is 0.330 e. The summed E-state index contributed by atoms with van der Waals surface area (Å²) in [6, 6.07) is 7.96. The van der Waals surface area contributed by atoms with Crippen LogP contribution < -0.4 is 0 Å². The zero-order valence-corrected chi connectivity index (χ0v) is 9.45. The van der Waals surface area contributed by atoms with E-state index in [9.17, 15) is 4.79 Å². The number of hydrogen-bond acceptors (Lipinski definition) is 2. The summed E-state index contributed by atoms with van der Waals surface area (Å²) < 4.78 is 5.53. The maximum atomic E-state index is 10.7. The minimum atomic E-state index is -0.317. The van der Waals surface area contributed by atoms with Crippen LogP contribution in [0.5, 0.6) is 0 Å². The molecule has 0 unspecified atom stereocenters. The van der Waals surface area contributed by atoms with E-state index in [4.69, 9.17) is 0 Å². The average Bonchev–Trinajstić information content (AvgIpc) is 2.21. The molecule has 0 bridgehead atoms. The van der Waals surface area contributed by atoms with Crippen LogP contribution >= 0.6 is 15.9 Å². The maximum absolute atomic E-state index is 10.7. The van der Waals surface area contributed by atoms with Crippen LogP contribution in [0.15, 0.2) is 40.9 Å². The number of halogens is 1. The quantitative estimate of drug-likeness (QED) is 0.613. The molecule has 74 valence electrons. The highest BCUT2D eigenvalue weighted by molar-refractivity contribution is 9.10. The molecule has 2 nitrogen and oxygen atoms in total. The molecule has 1 rings (SSSR count). The fraction of sp³-hybridized carbons (Fsp3) is 0.182. The van der Waals surface area contributed by atoms with Gasteiger partial charge in [-0.1, -0.05) is 34.1 Å². The Hall–Kier alpha value is -1.09. The van der Waals surface area contributed by atoms with Crippen molar-refractivity contribution < 1.29 is 9.53 Å². The lowest BCUT2D eigenvalue weighted by atomic mass is 10.1. The van der Waals surface area contributed by atoms with Gasteiger partial charge in [0.25, 0.3) is 0 Å². The van der Waals surface area contributed by atoms with Crippen LogP contribution in [0, 0.1) is 0 Å². The number of allylic oxidation sites excluding steroid dienone is 1. The SMILES string of the molecule is COC(=O)/C=C/Cc1ccc(Br)cc1. The minimum Gasteiger partial charge on any atom is -0.466 e. The van der Waals surface area contributed by atoms with Crippen molar-refractivity contribution in [3.8, 4) is 0 Å². The summed E-state index contributed by atoms with van der Waals surface area (Å²) in [6.45, 7) is 0. The molecule has 1 aromatic carbocycles. The summed E-state index contributed by atoms with van der Waals surface area (Å²) in [4.78, 5) is 10.7. The average molecular weight is 255 g/mol. The van der Waals surface area contributed by atoms with Crippen LogP contribution in [-0.2, 0) is 16.0 Å². The van der Waals surface area contributed by atoms with Gasteiger partial charge >= 0.3 is 5.97 Å². The Morgan fingerprint density at radius 3 is 2.64 bits per heavy atom. The second-order valence-corrected chi connectivity index (χ2v) is 3.67. The third kappa shape index (κ3) is 3.75. The topological polar surface area (TPSA) is 26.3 Å². The molecule has 0 fully saturated rings. The zero-order chi connectivity index (χ0) is 10.4. The van der Waals surface area contributed by atoms with Crippen LogP contribution in [0.3, 0.4) is 0 Å².